The van der Waals surface area contributed by atoms with Gasteiger partial charge >= 0.3 is 0 Å². The summed E-state index contributed by atoms with van der Waals surface area (Å²) in [7, 11) is 0. The van der Waals surface area contributed by atoms with Crippen LogP contribution in [0.25, 0.3) is 0 Å². The van der Waals surface area contributed by atoms with Crippen LogP contribution < -0.4 is 0 Å². The quantitative estimate of drug-likeness (QED) is 0.713. The molecule has 3 heteroatoms. The van der Waals surface area contributed by atoms with Crippen molar-refractivity contribution in [1.29, 1.82) is 5.26 Å². The summed E-state index contributed by atoms with van der Waals surface area (Å²) in [6, 6.07) is 6.81. The molecule has 0 atom stereocenters. The van der Waals surface area contributed by atoms with E-state index in [-0.39, 0.29) is 0 Å². The largest absolute Gasteiger partial charge is 0.250 e. The van der Waals surface area contributed by atoms with Gasteiger partial charge in [-0.15, -0.1) is 0 Å². The molecule has 0 aliphatic heterocycles. The Bertz CT molecular complexity index is 343. The van der Waals surface area contributed by atoms with Gasteiger partial charge in [0.15, 0.2) is 0 Å². The lowest BCUT2D eigenvalue weighted by molar-refractivity contribution is 0.516. The van der Waals surface area contributed by atoms with Gasteiger partial charge in [-0.3, -0.25) is 4.39 Å². The van der Waals surface area contributed by atoms with E-state index < -0.39 is 6.67 Å². The van der Waals surface area contributed by atoms with Crippen molar-refractivity contribution >= 4 is 11.6 Å². The lowest BCUT2D eigenvalue weighted by Gasteiger charge is -2.08. The van der Waals surface area contributed by atoms with Gasteiger partial charge in [0.25, 0.3) is 0 Å². The van der Waals surface area contributed by atoms with Gasteiger partial charge in [-0.1, -0.05) is 18.5 Å². The average Bonchev–Trinajstić information content (AvgIpc) is 2.16. The summed E-state index contributed by atoms with van der Waals surface area (Å²) in [6.07, 6.45) is 0. The third-order valence-electron chi connectivity index (χ3n) is 1.76. The molecule has 0 aliphatic rings. The van der Waals surface area contributed by atoms with Crippen LogP contribution in [0.5, 0.6) is 0 Å². The summed E-state index contributed by atoms with van der Waals surface area (Å²) in [5, 5.41) is 9.24. The van der Waals surface area contributed by atoms with Crippen molar-refractivity contribution in [3.8, 4) is 6.07 Å². The highest BCUT2D eigenvalue weighted by atomic mass is 35.5. The number of hydrogen-bond acceptors (Lipinski definition) is 1. The third kappa shape index (κ3) is 2.19. The van der Waals surface area contributed by atoms with Gasteiger partial charge in [0.1, 0.15) is 0 Å². The number of benzene rings is 1. The fourth-order valence-electron chi connectivity index (χ4n) is 1.04. The molecule has 0 saturated heterocycles. The number of rotatable bonds is 2. The van der Waals surface area contributed by atoms with E-state index in [0.29, 0.717) is 22.1 Å². The van der Waals surface area contributed by atoms with Gasteiger partial charge < -0.3 is 0 Å². The Hall–Kier alpha value is -1.07. The van der Waals surface area contributed by atoms with E-state index in [1.807, 2.05) is 6.07 Å². The number of hydrogen-bond donors (Lipinski definition) is 0. The smallest absolute Gasteiger partial charge is 0.0998 e. The molecule has 0 fully saturated rings. The number of nitriles is 1. The number of nitrogens with zero attached hydrogens (tertiary/aromatic N) is 1. The topological polar surface area (TPSA) is 23.8 Å². The molecule has 1 radical (unpaired) electrons. The molecule has 0 aromatic heterocycles. The minimum atomic E-state index is -0.560. The van der Waals surface area contributed by atoms with Gasteiger partial charge in [0.2, 0.25) is 0 Å². The molecule has 0 heterocycles. The second-order valence-electron chi connectivity index (χ2n) is 2.72. The SMILES string of the molecule is C[C](CF)c1cc(Cl)ccc1C#N. The first-order chi connectivity index (χ1) is 6.19. The normalized spacial score (nSPS) is 10.1. The Morgan fingerprint density at radius 3 is 2.85 bits per heavy atom. The van der Waals surface area contributed by atoms with E-state index in [9.17, 15) is 4.39 Å². The fourth-order valence-corrected chi connectivity index (χ4v) is 1.21. The van der Waals surface area contributed by atoms with Crippen LogP contribution in [-0.4, -0.2) is 6.67 Å². The van der Waals surface area contributed by atoms with Crippen molar-refractivity contribution in [2.45, 2.75) is 6.92 Å². The molecule has 1 nitrogen and oxygen atoms in total. The molecule has 1 rings (SSSR count). The molecular weight excluding hydrogens is 189 g/mol. The zero-order valence-corrected chi connectivity index (χ0v) is 7.90. The van der Waals surface area contributed by atoms with Crippen LogP contribution in [0.15, 0.2) is 18.2 Å². The summed E-state index contributed by atoms with van der Waals surface area (Å²) in [5.74, 6) is 0.527. The maximum absolute atomic E-state index is 12.3. The van der Waals surface area contributed by atoms with Crippen LogP contribution in [0.4, 0.5) is 4.39 Å². The standard InChI is InChI=1S/C10H8ClFN/c1-7(5-12)10-4-9(11)3-2-8(10)6-13/h2-4H,5H2,1H3. The zero-order chi connectivity index (χ0) is 9.84. The molecular formula is C10H8ClFN. The van der Waals surface area contributed by atoms with E-state index in [4.69, 9.17) is 16.9 Å². The van der Waals surface area contributed by atoms with Crippen LogP contribution in [0.2, 0.25) is 5.02 Å². The highest BCUT2D eigenvalue weighted by Crippen LogP contribution is 2.22. The van der Waals surface area contributed by atoms with E-state index in [0.717, 1.165) is 0 Å². The highest BCUT2D eigenvalue weighted by Gasteiger charge is 2.11. The van der Waals surface area contributed by atoms with Crippen molar-refractivity contribution in [3.05, 3.63) is 40.3 Å². The fraction of sp³-hybridized carbons (Fsp3) is 0.200. The molecule has 0 saturated carbocycles. The Morgan fingerprint density at radius 1 is 1.62 bits per heavy atom. The second-order valence-corrected chi connectivity index (χ2v) is 3.15. The van der Waals surface area contributed by atoms with E-state index in [1.54, 1.807) is 25.1 Å². The summed E-state index contributed by atoms with van der Waals surface area (Å²) in [6.45, 7) is 1.08. The molecule has 0 bridgehead atoms. The molecule has 0 N–H and O–H groups in total. The van der Waals surface area contributed by atoms with Gasteiger partial charge in [0, 0.05) is 10.9 Å². The molecule has 67 valence electrons. The predicted molar refractivity (Wildman–Crippen MR) is 50.2 cm³/mol. The van der Waals surface area contributed by atoms with Crippen LogP contribution in [-0.2, 0) is 0 Å². The first-order valence-corrected chi connectivity index (χ1v) is 4.15. The highest BCUT2D eigenvalue weighted by molar-refractivity contribution is 6.30. The Morgan fingerprint density at radius 2 is 2.31 bits per heavy atom. The van der Waals surface area contributed by atoms with Crippen molar-refractivity contribution in [3.63, 3.8) is 0 Å². The van der Waals surface area contributed by atoms with Crippen LogP contribution >= 0.6 is 11.6 Å². The van der Waals surface area contributed by atoms with E-state index >= 15 is 0 Å². The molecule has 1 aromatic carbocycles. The van der Waals surface area contributed by atoms with Crippen molar-refractivity contribution in [2.75, 3.05) is 6.67 Å². The minimum absolute atomic E-state index is 0.458. The van der Waals surface area contributed by atoms with E-state index in [1.165, 1.54) is 0 Å². The Labute approximate surface area is 81.8 Å². The number of alkyl halides is 1. The van der Waals surface area contributed by atoms with E-state index in [2.05, 4.69) is 0 Å². The maximum atomic E-state index is 12.3. The van der Waals surface area contributed by atoms with Gasteiger partial charge in [0.05, 0.1) is 18.3 Å². The zero-order valence-electron chi connectivity index (χ0n) is 7.14. The third-order valence-corrected chi connectivity index (χ3v) is 2.00. The molecule has 1 aromatic rings. The summed E-state index contributed by atoms with van der Waals surface area (Å²) >= 11 is 5.73. The molecule has 0 amide bonds. The van der Waals surface area contributed by atoms with Crippen LogP contribution in [0.3, 0.4) is 0 Å². The first-order valence-electron chi connectivity index (χ1n) is 3.77. The maximum Gasteiger partial charge on any atom is 0.0998 e. The van der Waals surface area contributed by atoms with Gasteiger partial charge in [-0.25, -0.2) is 0 Å². The molecule has 0 unspecified atom stereocenters. The first kappa shape index (κ1) is 10.0. The summed E-state index contributed by atoms with van der Waals surface area (Å²) < 4.78 is 12.3. The average molecular weight is 197 g/mol. The Kier molecular flexibility index (Phi) is 3.27. The summed E-state index contributed by atoms with van der Waals surface area (Å²) in [5.41, 5.74) is 1.05. The molecule has 0 spiro atoms. The van der Waals surface area contributed by atoms with Gasteiger partial charge in [-0.05, 0) is 23.8 Å². The van der Waals surface area contributed by atoms with Crippen LogP contribution in [0.1, 0.15) is 18.1 Å². The Balaban J connectivity index is 3.17. The lowest BCUT2D eigenvalue weighted by Crippen LogP contribution is -1.99. The predicted octanol–water partition coefficient (Wildman–Crippen LogP) is 3.12. The van der Waals surface area contributed by atoms with Crippen molar-refractivity contribution in [1.82, 2.24) is 0 Å². The monoisotopic (exact) mass is 196 g/mol. The van der Waals surface area contributed by atoms with Crippen molar-refractivity contribution < 1.29 is 4.39 Å². The molecule has 13 heavy (non-hydrogen) atoms. The minimum Gasteiger partial charge on any atom is -0.250 e. The molecule has 0 aliphatic carbocycles. The second kappa shape index (κ2) is 4.25. The summed E-state index contributed by atoms with van der Waals surface area (Å²) in [4.78, 5) is 0. The van der Waals surface area contributed by atoms with Crippen molar-refractivity contribution in [2.24, 2.45) is 0 Å². The van der Waals surface area contributed by atoms with Gasteiger partial charge in [-0.2, -0.15) is 5.26 Å². The van der Waals surface area contributed by atoms with Crippen LogP contribution in [0, 0.1) is 17.2 Å². The number of halogens is 2. The lowest BCUT2D eigenvalue weighted by atomic mass is 9.97.